The van der Waals surface area contributed by atoms with Crippen molar-refractivity contribution in [2.75, 3.05) is 26.8 Å². The summed E-state index contributed by atoms with van der Waals surface area (Å²) in [5, 5.41) is 2.91. The van der Waals surface area contributed by atoms with Crippen LogP contribution in [-0.2, 0) is 12.8 Å². The number of ketones is 1. The molecular formula is C13H14BrNO3. The van der Waals surface area contributed by atoms with Gasteiger partial charge < -0.3 is 14.8 Å². The largest absolute Gasteiger partial charge is 0.492 e. The number of ether oxygens (including phenoxy) is 2. The highest BCUT2D eigenvalue weighted by Crippen LogP contribution is 2.47. The van der Waals surface area contributed by atoms with Gasteiger partial charge in [-0.05, 0) is 23.0 Å². The number of halogens is 1. The predicted molar refractivity (Wildman–Crippen MR) is 70.8 cm³/mol. The zero-order valence-corrected chi connectivity index (χ0v) is 11.7. The maximum absolute atomic E-state index is 12.3. The van der Waals surface area contributed by atoms with Crippen LogP contribution in [0, 0.1) is 0 Å². The van der Waals surface area contributed by atoms with Crippen LogP contribution in [0.25, 0.3) is 0 Å². The highest BCUT2D eigenvalue weighted by molar-refractivity contribution is 9.10. The first-order valence-electron chi connectivity index (χ1n) is 6.04. The summed E-state index contributed by atoms with van der Waals surface area (Å²) in [5.41, 5.74) is 2.77. The van der Waals surface area contributed by atoms with Crippen molar-refractivity contribution in [1.82, 2.24) is 5.32 Å². The van der Waals surface area contributed by atoms with Crippen molar-refractivity contribution in [1.29, 1.82) is 0 Å². The van der Waals surface area contributed by atoms with Gasteiger partial charge in [0.2, 0.25) is 0 Å². The summed E-state index contributed by atoms with van der Waals surface area (Å²) in [5.74, 6) is 1.66. The minimum Gasteiger partial charge on any atom is -0.492 e. The van der Waals surface area contributed by atoms with Gasteiger partial charge in [-0.3, -0.25) is 4.79 Å². The first-order chi connectivity index (χ1) is 8.74. The molecule has 2 aliphatic heterocycles. The standard InChI is InChI=1S/C13H14BrNO3/c1-15-6-9(16)10-7-2-4-18-13(7)11(14)8-3-5-17-12(8)10/h15H,2-6H2,1H3. The quantitative estimate of drug-likeness (QED) is 0.864. The van der Waals surface area contributed by atoms with Crippen LogP contribution >= 0.6 is 15.9 Å². The number of benzene rings is 1. The Labute approximate surface area is 114 Å². The fourth-order valence-corrected chi connectivity index (χ4v) is 3.33. The number of rotatable bonds is 3. The predicted octanol–water partition coefficient (Wildman–Crippen LogP) is 1.72. The molecule has 18 heavy (non-hydrogen) atoms. The molecule has 0 unspecified atom stereocenters. The van der Waals surface area contributed by atoms with Crippen LogP contribution in [0.1, 0.15) is 21.5 Å². The summed E-state index contributed by atoms with van der Waals surface area (Å²) in [7, 11) is 1.77. The second kappa shape index (κ2) is 4.55. The Hall–Kier alpha value is -1.07. The SMILES string of the molecule is CNCC(=O)c1c2c(c(Br)c3c1OCC3)OCC2. The summed E-state index contributed by atoms with van der Waals surface area (Å²) in [4.78, 5) is 12.3. The first-order valence-corrected chi connectivity index (χ1v) is 6.84. The average Bonchev–Trinajstić information content (AvgIpc) is 2.97. The van der Waals surface area contributed by atoms with Gasteiger partial charge in [-0.25, -0.2) is 0 Å². The Kier molecular flexibility index (Phi) is 3.03. The number of carbonyl (C=O) groups excluding carboxylic acids is 1. The highest BCUT2D eigenvalue weighted by atomic mass is 79.9. The molecule has 1 aromatic carbocycles. The lowest BCUT2D eigenvalue weighted by Gasteiger charge is -2.13. The van der Waals surface area contributed by atoms with E-state index < -0.39 is 0 Å². The lowest BCUT2D eigenvalue weighted by molar-refractivity contribution is 0.0989. The third-order valence-electron chi connectivity index (χ3n) is 3.35. The van der Waals surface area contributed by atoms with Crippen LogP contribution in [0.2, 0.25) is 0 Å². The van der Waals surface area contributed by atoms with Gasteiger partial charge in [0, 0.05) is 24.0 Å². The fraction of sp³-hybridized carbons (Fsp3) is 0.462. The smallest absolute Gasteiger partial charge is 0.180 e. The number of likely N-dealkylation sites (N-methyl/N-ethyl adjacent to an activating group) is 1. The molecule has 0 aliphatic carbocycles. The van der Waals surface area contributed by atoms with Crippen molar-refractivity contribution in [3.63, 3.8) is 0 Å². The Morgan fingerprint density at radius 3 is 2.61 bits per heavy atom. The normalized spacial score (nSPS) is 15.9. The van der Waals surface area contributed by atoms with Crippen LogP contribution in [-0.4, -0.2) is 32.6 Å². The van der Waals surface area contributed by atoms with Gasteiger partial charge in [0.25, 0.3) is 0 Å². The van der Waals surface area contributed by atoms with Crippen molar-refractivity contribution in [2.24, 2.45) is 0 Å². The van der Waals surface area contributed by atoms with E-state index in [0.29, 0.717) is 25.3 Å². The van der Waals surface area contributed by atoms with Gasteiger partial charge >= 0.3 is 0 Å². The van der Waals surface area contributed by atoms with Gasteiger partial charge in [0.15, 0.2) is 5.78 Å². The zero-order valence-electron chi connectivity index (χ0n) is 10.1. The molecule has 2 aliphatic rings. The molecule has 0 radical (unpaired) electrons. The summed E-state index contributed by atoms with van der Waals surface area (Å²) in [6.07, 6.45) is 1.60. The van der Waals surface area contributed by atoms with E-state index in [-0.39, 0.29) is 5.78 Å². The van der Waals surface area contributed by atoms with Gasteiger partial charge in [0.1, 0.15) is 11.5 Å². The van der Waals surface area contributed by atoms with E-state index in [9.17, 15) is 4.79 Å². The van der Waals surface area contributed by atoms with Crippen molar-refractivity contribution in [3.05, 3.63) is 21.2 Å². The Balaban J connectivity index is 2.21. The lowest BCUT2D eigenvalue weighted by Crippen LogP contribution is -2.20. The molecule has 1 aromatic rings. The molecule has 0 fully saturated rings. The van der Waals surface area contributed by atoms with Crippen LogP contribution in [0.4, 0.5) is 0 Å². The molecule has 0 atom stereocenters. The molecule has 5 heteroatoms. The van der Waals surface area contributed by atoms with E-state index >= 15 is 0 Å². The van der Waals surface area contributed by atoms with Gasteiger partial charge in [-0.2, -0.15) is 0 Å². The monoisotopic (exact) mass is 311 g/mol. The molecule has 1 N–H and O–H groups in total. The fourth-order valence-electron chi connectivity index (χ4n) is 2.60. The van der Waals surface area contributed by atoms with Crippen LogP contribution < -0.4 is 14.8 Å². The Bertz CT molecular complexity index is 492. The molecule has 96 valence electrons. The molecule has 3 rings (SSSR count). The molecule has 2 heterocycles. The second-order valence-electron chi connectivity index (χ2n) is 4.45. The Morgan fingerprint density at radius 2 is 1.89 bits per heavy atom. The summed E-state index contributed by atoms with van der Waals surface area (Å²) < 4.78 is 12.3. The number of hydrogen-bond acceptors (Lipinski definition) is 4. The van der Waals surface area contributed by atoms with Gasteiger partial charge in [-0.15, -0.1) is 0 Å². The van der Waals surface area contributed by atoms with Crippen LogP contribution in [0.15, 0.2) is 4.47 Å². The van der Waals surface area contributed by atoms with Crippen molar-refractivity contribution < 1.29 is 14.3 Å². The summed E-state index contributed by atoms with van der Waals surface area (Å²) in [6, 6.07) is 0. The molecule has 0 aromatic heterocycles. The number of hydrogen-bond donors (Lipinski definition) is 1. The van der Waals surface area contributed by atoms with E-state index in [0.717, 1.165) is 39.9 Å². The van der Waals surface area contributed by atoms with E-state index in [4.69, 9.17) is 9.47 Å². The second-order valence-corrected chi connectivity index (χ2v) is 5.25. The summed E-state index contributed by atoms with van der Waals surface area (Å²) >= 11 is 3.57. The highest BCUT2D eigenvalue weighted by Gasteiger charge is 2.32. The molecule has 0 amide bonds. The zero-order chi connectivity index (χ0) is 12.7. The topological polar surface area (TPSA) is 47.6 Å². The van der Waals surface area contributed by atoms with Crippen molar-refractivity contribution >= 4 is 21.7 Å². The minimum atomic E-state index is 0.0740. The van der Waals surface area contributed by atoms with Crippen LogP contribution in [0.3, 0.4) is 0 Å². The maximum Gasteiger partial charge on any atom is 0.180 e. The number of nitrogens with one attached hydrogen (secondary N) is 1. The van der Waals surface area contributed by atoms with Gasteiger partial charge in [-0.1, -0.05) is 0 Å². The molecule has 0 spiro atoms. The molecule has 0 bridgehead atoms. The molecule has 4 nitrogen and oxygen atoms in total. The van der Waals surface area contributed by atoms with E-state index in [1.807, 2.05) is 0 Å². The lowest BCUT2D eigenvalue weighted by atomic mass is 9.96. The first kappa shape index (κ1) is 12.0. The van der Waals surface area contributed by atoms with Crippen molar-refractivity contribution in [3.8, 4) is 11.5 Å². The third-order valence-corrected chi connectivity index (χ3v) is 4.19. The minimum absolute atomic E-state index is 0.0740. The number of fused-ring (bicyclic) bond motifs is 2. The third kappa shape index (κ3) is 1.65. The molecular weight excluding hydrogens is 298 g/mol. The average molecular weight is 312 g/mol. The van der Waals surface area contributed by atoms with Crippen LogP contribution in [0.5, 0.6) is 11.5 Å². The van der Waals surface area contributed by atoms with Gasteiger partial charge in [0.05, 0.1) is 29.8 Å². The molecule has 0 saturated heterocycles. The van der Waals surface area contributed by atoms with E-state index in [1.165, 1.54) is 0 Å². The summed E-state index contributed by atoms with van der Waals surface area (Å²) in [6.45, 7) is 1.59. The Morgan fingerprint density at radius 1 is 1.22 bits per heavy atom. The maximum atomic E-state index is 12.3. The van der Waals surface area contributed by atoms with Crippen molar-refractivity contribution in [2.45, 2.75) is 12.8 Å². The number of Topliss-reactive ketones (excluding diaryl/α,β-unsaturated/α-hetero) is 1. The number of carbonyl (C=O) groups is 1. The molecule has 0 saturated carbocycles. The van der Waals surface area contributed by atoms with E-state index in [2.05, 4.69) is 21.2 Å². The van der Waals surface area contributed by atoms with E-state index in [1.54, 1.807) is 7.05 Å².